The second kappa shape index (κ2) is 5.73. The van der Waals surface area contributed by atoms with E-state index >= 15 is 0 Å². The number of nitrogens with zero attached hydrogens (tertiary/aromatic N) is 1. The summed E-state index contributed by atoms with van der Waals surface area (Å²) in [6.07, 6.45) is 1.46. The number of benzene rings is 1. The maximum Gasteiger partial charge on any atom is 0.251 e. The molecule has 1 N–H and O–H groups in total. The van der Waals surface area contributed by atoms with Gasteiger partial charge in [0.15, 0.2) is 0 Å². The molecule has 1 aromatic carbocycles. The van der Waals surface area contributed by atoms with Crippen LogP contribution in [0.2, 0.25) is 0 Å². The summed E-state index contributed by atoms with van der Waals surface area (Å²) >= 11 is 0. The van der Waals surface area contributed by atoms with Gasteiger partial charge in [-0.15, -0.1) is 0 Å². The van der Waals surface area contributed by atoms with Crippen molar-refractivity contribution in [3.8, 4) is 0 Å². The van der Waals surface area contributed by atoms with Crippen LogP contribution < -0.4 is 5.32 Å². The lowest BCUT2D eigenvalue weighted by Crippen LogP contribution is -2.22. The Hall–Kier alpha value is -1.93. The molecule has 0 aromatic heterocycles. The van der Waals surface area contributed by atoms with Crippen LogP contribution in [-0.2, 0) is 11.3 Å². The summed E-state index contributed by atoms with van der Waals surface area (Å²) in [6, 6.07) is 7.01. The van der Waals surface area contributed by atoms with E-state index in [1.54, 1.807) is 18.2 Å². The molecule has 0 saturated carbocycles. The Kier molecular flexibility index (Phi) is 4.26. The fourth-order valence-electron chi connectivity index (χ4n) is 1.20. The van der Waals surface area contributed by atoms with Crippen molar-refractivity contribution in [2.45, 2.75) is 13.5 Å². The topological polar surface area (TPSA) is 58.5 Å². The zero-order chi connectivity index (χ0) is 11.1. The molecule has 78 valence electrons. The van der Waals surface area contributed by atoms with Crippen molar-refractivity contribution in [2.75, 3.05) is 6.54 Å². The Bertz CT molecular complexity index is 395. The van der Waals surface area contributed by atoms with Gasteiger partial charge < -0.3 is 5.32 Å². The van der Waals surface area contributed by atoms with Gasteiger partial charge in [0.05, 0.1) is 6.54 Å². The highest BCUT2D eigenvalue weighted by Gasteiger charge is 2.03. The maximum absolute atomic E-state index is 11.5. The molecule has 1 aromatic rings. The number of isocyanates is 1. The highest BCUT2D eigenvalue weighted by atomic mass is 16.1. The van der Waals surface area contributed by atoms with Gasteiger partial charge >= 0.3 is 0 Å². The average molecular weight is 204 g/mol. The summed E-state index contributed by atoms with van der Waals surface area (Å²) in [5.41, 5.74) is 1.40. The van der Waals surface area contributed by atoms with E-state index in [0.29, 0.717) is 12.1 Å². The van der Waals surface area contributed by atoms with Gasteiger partial charge in [-0.3, -0.25) is 4.79 Å². The van der Waals surface area contributed by atoms with Crippen LogP contribution in [-0.4, -0.2) is 18.5 Å². The van der Waals surface area contributed by atoms with E-state index in [1.165, 1.54) is 6.08 Å². The van der Waals surface area contributed by atoms with Crippen molar-refractivity contribution in [1.82, 2.24) is 5.32 Å². The molecule has 0 aliphatic heterocycles. The molecule has 0 spiro atoms. The number of carbonyl (C=O) groups excluding carboxylic acids is 2. The zero-order valence-corrected chi connectivity index (χ0v) is 8.49. The largest absolute Gasteiger partial charge is 0.352 e. The Morgan fingerprint density at radius 3 is 3.00 bits per heavy atom. The predicted octanol–water partition coefficient (Wildman–Crippen LogP) is 1.27. The maximum atomic E-state index is 11.5. The highest BCUT2D eigenvalue weighted by molar-refractivity contribution is 5.94. The number of nitrogens with one attached hydrogen (secondary N) is 1. The summed E-state index contributed by atoms with van der Waals surface area (Å²) in [5.74, 6) is -0.116. The van der Waals surface area contributed by atoms with Gasteiger partial charge in [0.25, 0.3) is 5.91 Å². The van der Waals surface area contributed by atoms with Crippen LogP contribution in [0.4, 0.5) is 0 Å². The standard InChI is InChI=1S/C11H12N2O2/c1-2-13-11(15)10-5-3-4-9(6-10)7-12-8-14/h3-6H,2,7H2,1H3,(H,13,15). The average Bonchev–Trinajstić information content (AvgIpc) is 2.27. The summed E-state index contributed by atoms with van der Waals surface area (Å²) in [4.78, 5) is 24.8. The van der Waals surface area contributed by atoms with Gasteiger partial charge in [-0.2, -0.15) is 0 Å². The first-order valence-corrected chi connectivity index (χ1v) is 4.68. The molecule has 4 nitrogen and oxygen atoms in total. The molecule has 0 atom stereocenters. The third kappa shape index (κ3) is 3.37. The molecular weight excluding hydrogens is 192 g/mol. The number of carbonyl (C=O) groups is 1. The van der Waals surface area contributed by atoms with E-state index in [2.05, 4.69) is 10.3 Å². The van der Waals surface area contributed by atoms with Crippen LogP contribution in [0, 0.1) is 0 Å². The molecule has 0 fully saturated rings. The van der Waals surface area contributed by atoms with Gasteiger partial charge in [0.2, 0.25) is 6.08 Å². The van der Waals surface area contributed by atoms with Gasteiger partial charge in [-0.05, 0) is 24.6 Å². The van der Waals surface area contributed by atoms with Crippen LogP contribution in [0.5, 0.6) is 0 Å². The quantitative estimate of drug-likeness (QED) is 0.593. The van der Waals surface area contributed by atoms with Crippen LogP contribution >= 0.6 is 0 Å². The van der Waals surface area contributed by atoms with Crippen LogP contribution in [0.1, 0.15) is 22.8 Å². The van der Waals surface area contributed by atoms with E-state index in [1.807, 2.05) is 13.0 Å². The highest BCUT2D eigenvalue weighted by Crippen LogP contribution is 2.06. The molecular formula is C11H12N2O2. The number of hydrogen-bond acceptors (Lipinski definition) is 3. The normalized spacial score (nSPS) is 9.13. The van der Waals surface area contributed by atoms with Gasteiger partial charge in [-0.1, -0.05) is 12.1 Å². The molecule has 1 amide bonds. The second-order valence-electron chi connectivity index (χ2n) is 2.97. The van der Waals surface area contributed by atoms with Crippen LogP contribution in [0.15, 0.2) is 29.3 Å². The summed E-state index contributed by atoms with van der Waals surface area (Å²) in [7, 11) is 0. The first-order chi connectivity index (χ1) is 7.27. The molecule has 0 bridgehead atoms. The lowest BCUT2D eigenvalue weighted by Gasteiger charge is -2.03. The van der Waals surface area contributed by atoms with Crippen LogP contribution in [0.3, 0.4) is 0 Å². The smallest absolute Gasteiger partial charge is 0.251 e. The molecule has 0 aliphatic rings. The Morgan fingerprint density at radius 1 is 1.53 bits per heavy atom. The lowest BCUT2D eigenvalue weighted by molar-refractivity contribution is 0.0955. The van der Waals surface area contributed by atoms with E-state index in [0.717, 1.165) is 5.56 Å². The second-order valence-corrected chi connectivity index (χ2v) is 2.97. The number of amides is 1. The number of rotatable bonds is 4. The Labute approximate surface area is 88.0 Å². The van der Waals surface area contributed by atoms with Crippen molar-refractivity contribution < 1.29 is 9.59 Å². The summed E-state index contributed by atoms with van der Waals surface area (Å²) in [5, 5.41) is 2.70. The fraction of sp³-hybridized carbons (Fsp3) is 0.273. The van der Waals surface area contributed by atoms with Crippen molar-refractivity contribution in [3.63, 3.8) is 0 Å². The van der Waals surface area contributed by atoms with E-state index < -0.39 is 0 Å². The monoisotopic (exact) mass is 204 g/mol. The zero-order valence-electron chi connectivity index (χ0n) is 8.49. The van der Waals surface area contributed by atoms with Gasteiger partial charge in [-0.25, -0.2) is 9.79 Å². The van der Waals surface area contributed by atoms with Crippen molar-refractivity contribution in [2.24, 2.45) is 4.99 Å². The van der Waals surface area contributed by atoms with Gasteiger partial charge in [0.1, 0.15) is 0 Å². The van der Waals surface area contributed by atoms with E-state index in [-0.39, 0.29) is 12.5 Å². The molecule has 0 heterocycles. The SMILES string of the molecule is CCNC(=O)c1cccc(CN=C=O)c1. The van der Waals surface area contributed by atoms with Crippen molar-refractivity contribution in [3.05, 3.63) is 35.4 Å². The summed E-state index contributed by atoms with van der Waals surface area (Å²) in [6.45, 7) is 2.71. The minimum absolute atomic E-state index is 0.116. The third-order valence-electron chi connectivity index (χ3n) is 1.85. The van der Waals surface area contributed by atoms with E-state index in [4.69, 9.17) is 0 Å². The molecule has 0 saturated heterocycles. The van der Waals surface area contributed by atoms with Crippen LogP contribution in [0.25, 0.3) is 0 Å². The molecule has 0 unspecified atom stereocenters. The molecule has 15 heavy (non-hydrogen) atoms. The number of hydrogen-bond donors (Lipinski definition) is 1. The predicted molar refractivity (Wildman–Crippen MR) is 56.3 cm³/mol. The minimum Gasteiger partial charge on any atom is -0.352 e. The van der Waals surface area contributed by atoms with Crippen molar-refractivity contribution >= 4 is 12.0 Å². The van der Waals surface area contributed by atoms with Crippen molar-refractivity contribution in [1.29, 1.82) is 0 Å². The Morgan fingerprint density at radius 2 is 2.33 bits per heavy atom. The fourth-order valence-corrected chi connectivity index (χ4v) is 1.20. The lowest BCUT2D eigenvalue weighted by atomic mass is 10.1. The summed E-state index contributed by atoms with van der Waals surface area (Å²) < 4.78 is 0. The van der Waals surface area contributed by atoms with Gasteiger partial charge in [0, 0.05) is 12.1 Å². The minimum atomic E-state index is -0.116. The molecule has 4 heteroatoms. The van der Waals surface area contributed by atoms with E-state index in [9.17, 15) is 9.59 Å². The third-order valence-corrected chi connectivity index (χ3v) is 1.85. The molecule has 0 radical (unpaired) electrons. The number of aliphatic imine (C=N–C) groups is 1. The first-order valence-electron chi connectivity index (χ1n) is 4.68. The first kappa shape index (κ1) is 11.1. The Balaban J connectivity index is 2.82. The molecule has 0 aliphatic carbocycles. The molecule has 1 rings (SSSR count).